The monoisotopic (exact) mass is 292 g/mol. The quantitative estimate of drug-likeness (QED) is 0.582. The minimum Gasteiger partial charge on any atom is -0.391 e. The van der Waals surface area contributed by atoms with Crippen molar-refractivity contribution in [3.63, 3.8) is 0 Å². The smallest absolute Gasteiger partial charge is 0.235 e. The Labute approximate surface area is 113 Å². The third-order valence-electron chi connectivity index (χ3n) is 3.20. The number of hydrogen-bond acceptors (Lipinski definition) is 4. The molecule has 0 aromatic rings. The van der Waals surface area contributed by atoms with Crippen molar-refractivity contribution in [2.75, 3.05) is 12.0 Å². The van der Waals surface area contributed by atoms with Gasteiger partial charge in [0.2, 0.25) is 5.91 Å². The first kappa shape index (κ1) is 15.4. The molecule has 1 amide bonds. The van der Waals surface area contributed by atoms with E-state index in [1.165, 1.54) is 0 Å². The van der Waals surface area contributed by atoms with Crippen LogP contribution in [0.1, 0.15) is 38.5 Å². The summed E-state index contributed by atoms with van der Waals surface area (Å²) in [6.07, 6.45) is 6.48. The lowest BCUT2D eigenvalue weighted by Crippen LogP contribution is -2.57. The van der Waals surface area contributed by atoms with Gasteiger partial charge in [0.1, 0.15) is 5.75 Å². The summed E-state index contributed by atoms with van der Waals surface area (Å²) in [6.45, 7) is 0. The number of nitrogens with one attached hydrogen (secondary N) is 1. The minimum atomic E-state index is -3.33. The van der Waals surface area contributed by atoms with Gasteiger partial charge in [-0.15, -0.1) is 0 Å². The van der Waals surface area contributed by atoms with Crippen molar-refractivity contribution in [2.24, 2.45) is 5.73 Å². The zero-order valence-electron chi connectivity index (χ0n) is 10.6. The molecule has 1 fully saturated rings. The van der Waals surface area contributed by atoms with Gasteiger partial charge in [0, 0.05) is 6.26 Å². The Morgan fingerprint density at radius 1 is 1.28 bits per heavy atom. The van der Waals surface area contributed by atoms with Crippen molar-refractivity contribution in [1.82, 2.24) is 5.32 Å². The molecule has 0 aromatic carbocycles. The topological polar surface area (TPSA) is 89.3 Å². The number of sulfone groups is 1. The molecule has 5 nitrogen and oxygen atoms in total. The second kappa shape index (κ2) is 5.97. The van der Waals surface area contributed by atoms with Gasteiger partial charge in [-0.1, -0.05) is 37.9 Å². The predicted octanol–water partition coefficient (Wildman–Crippen LogP) is 0.526. The summed E-state index contributed by atoms with van der Waals surface area (Å²) in [5, 5.41) is 2.74. The molecule has 104 valence electrons. The molecule has 1 saturated carbocycles. The fourth-order valence-electron chi connectivity index (χ4n) is 2.31. The molecule has 0 spiro atoms. The molecular weight excluding hydrogens is 272 g/mol. The van der Waals surface area contributed by atoms with Gasteiger partial charge in [-0.25, -0.2) is 8.42 Å². The van der Waals surface area contributed by atoms with E-state index >= 15 is 0 Å². The second-order valence-electron chi connectivity index (χ2n) is 4.98. The Kier molecular flexibility index (Phi) is 5.10. The van der Waals surface area contributed by atoms with Gasteiger partial charge < -0.3 is 11.1 Å². The molecule has 1 aliphatic carbocycles. The van der Waals surface area contributed by atoms with Crippen LogP contribution in [0.3, 0.4) is 0 Å². The Bertz CT molecular complexity index is 424. The molecule has 0 aromatic heterocycles. The number of thiocarbonyl (C=S) groups is 1. The van der Waals surface area contributed by atoms with Gasteiger partial charge in [0.25, 0.3) is 0 Å². The summed E-state index contributed by atoms with van der Waals surface area (Å²) in [7, 11) is -3.33. The summed E-state index contributed by atoms with van der Waals surface area (Å²) in [5.74, 6) is -1.04. The first-order valence-electron chi connectivity index (χ1n) is 6.04. The van der Waals surface area contributed by atoms with Crippen LogP contribution in [-0.2, 0) is 14.6 Å². The van der Waals surface area contributed by atoms with E-state index in [0.717, 1.165) is 31.9 Å². The van der Waals surface area contributed by atoms with E-state index in [-0.39, 0.29) is 4.99 Å². The van der Waals surface area contributed by atoms with Crippen LogP contribution in [0.4, 0.5) is 0 Å². The number of rotatable bonds is 4. The summed E-state index contributed by atoms with van der Waals surface area (Å²) in [4.78, 5) is 12.0. The van der Waals surface area contributed by atoms with Gasteiger partial charge in [0.05, 0.1) is 10.5 Å². The molecule has 0 aliphatic heterocycles. The van der Waals surface area contributed by atoms with Crippen LogP contribution in [0.25, 0.3) is 0 Å². The molecule has 0 atom stereocenters. The van der Waals surface area contributed by atoms with Crippen molar-refractivity contribution in [1.29, 1.82) is 0 Å². The Morgan fingerprint density at radius 2 is 1.78 bits per heavy atom. The minimum absolute atomic E-state index is 0.256. The predicted molar refractivity (Wildman–Crippen MR) is 75.1 cm³/mol. The zero-order valence-corrected chi connectivity index (χ0v) is 12.2. The van der Waals surface area contributed by atoms with Gasteiger partial charge in [-0.3, -0.25) is 4.79 Å². The molecule has 18 heavy (non-hydrogen) atoms. The summed E-state index contributed by atoms with van der Waals surface area (Å²) in [6, 6.07) is 0. The van der Waals surface area contributed by atoms with Crippen molar-refractivity contribution in [2.45, 2.75) is 44.1 Å². The molecule has 0 unspecified atom stereocenters. The van der Waals surface area contributed by atoms with Gasteiger partial charge in [-0.2, -0.15) is 0 Å². The standard InChI is InChI=1S/C11H20N2O3S2/c1-18(15,16)8-9(14)13-11(10(12)17)6-4-2-3-5-7-11/h2-8H2,1H3,(H2,12,17)(H,13,14). The van der Waals surface area contributed by atoms with E-state index in [4.69, 9.17) is 18.0 Å². The van der Waals surface area contributed by atoms with Crippen LogP contribution >= 0.6 is 12.2 Å². The van der Waals surface area contributed by atoms with Crippen molar-refractivity contribution in [3.8, 4) is 0 Å². The van der Waals surface area contributed by atoms with Crippen LogP contribution in [0.5, 0.6) is 0 Å². The highest BCUT2D eigenvalue weighted by atomic mass is 32.2. The number of carbonyl (C=O) groups is 1. The van der Waals surface area contributed by atoms with E-state index < -0.39 is 27.0 Å². The Balaban J connectivity index is 2.79. The van der Waals surface area contributed by atoms with E-state index in [9.17, 15) is 13.2 Å². The normalized spacial score (nSPS) is 19.8. The molecular formula is C11H20N2O3S2. The molecule has 1 aliphatic rings. The highest BCUT2D eigenvalue weighted by Gasteiger charge is 2.35. The molecule has 7 heteroatoms. The molecule has 0 radical (unpaired) electrons. The number of nitrogens with two attached hydrogens (primary N) is 1. The SMILES string of the molecule is CS(=O)(=O)CC(=O)NC1(C(N)=S)CCCCCC1. The maximum Gasteiger partial charge on any atom is 0.235 e. The molecule has 0 saturated heterocycles. The average molecular weight is 292 g/mol. The van der Waals surface area contributed by atoms with E-state index in [1.54, 1.807) is 0 Å². The van der Waals surface area contributed by atoms with Gasteiger partial charge >= 0.3 is 0 Å². The number of hydrogen-bond donors (Lipinski definition) is 2. The lowest BCUT2D eigenvalue weighted by Gasteiger charge is -2.32. The average Bonchev–Trinajstić information content (AvgIpc) is 2.41. The molecule has 3 N–H and O–H groups in total. The zero-order chi connectivity index (χ0) is 13.8. The lowest BCUT2D eigenvalue weighted by molar-refractivity contribution is -0.119. The molecule has 0 bridgehead atoms. The van der Waals surface area contributed by atoms with Crippen LogP contribution in [0.2, 0.25) is 0 Å². The summed E-state index contributed by atoms with van der Waals surface area (Å²) >= 11 is 5.06. The van der Waals surface area contributed by atoms with E-state index in [1.807, 2.05) is 0 Å². The van der Waals surface area contributed by atoms with Crippen LogP contribution in [0, 0.1) is 0 Å². The van der Waals surface area contributed by atoms with Crippen molar-refractivity contribution in [3.05, 3.63) is 0 Å². The lowest BCUT2D eigenvalue weighted by atomic mass is 9.90. The highest BCUT2D eigenvalue weighted by Crippen LogP contribution is 2.27. The van der Waals surface area contributed by atoms with Crippen LogP contribution < -0.4 is 11.1 Å². The van der Waals surface area contributed by atoms with E-state index in [0.29, 0.717) is 12.8 Å². The Hall–Kier alpha value is -0.690. The van der Waals surface area contributed by atoms with Crippen LogP contribution in [-0.4, -0.2) is 36.9 Å². The fraction of sp³-hybridized carbons (Fsp3) is 0.818. The largest absolute Gasteiger partial charge is 0.391 e. The third kappa shape index (κ3) is 4.53. The van der Waals surface area contributed by atoms with Crippen LogP contribution in [0.15, 0.2) is 0 Å². The summed E-state index contributed by atoms with van der Waals surface area (Å²) in [5.41, 5.74) is 5.05. The number of carbonyl (C=O) groups excluding carboxylic acids is 1. The third-order valence-corrected chi connectivity index (χ3v) is 4.38. The first-order valence-corrected chi connectivity index (χ1v) is 8.51. The highest BCUT2D eigenvalue weighted by molar-refractivity contribution is 7.91. The maximum atomic E-state index is 11.7. The molecule has 0 heterocycles. The second-order valence-corrected chi connectivity index (χ2v) is 7.56. The fourth-order valence-corrected chi connectivity index (χ4v) is 3.11. The summed E-state index contributed by atoms with van der Waals surface area (Å²) < 4.78 is 22.2. The molecule has 1 rings (SSSR count). The van der Waals surface area contributed by atoms with Gasteiger partial charge in [0.15, 0.2) is 9.84 Å². The van der Waals surface area contributed by atoms with Crippen molar-refractivity contribution >= 4 is 33.0 Å². The maximum absolute atomic E-state index is 11.7. The Morgan fingerprint density at radius 3 is 2.17 bits per heavy atom. The first-order chi connectivity index (χ1) is 8.25. The number of amides is 1. The van der Waals surface area contributed by atoms with E-state index in [2.05, 4.69) is 5.32 Å². The van der Waals surface area contributed by atoms with Crippen molar-refractivity contribution < 1.29 is 13.2 Å². The van der Waals surface area contributed by atoms with Gasteiger partial charge in [-0.05, 0) is 12.8 Å².